The van der Waals surface area contributed by atoms with Crippen LogP contribution in [0.1, 0.15) is 32.1 Å². The van der Waals surface area contributed by atoms with Gasteiger partial charge in [0.25, 0.3) is 0 Å². The molecule has 0 heterocycles. The molecule has 1 aliphatic carbocycles. The van der Waals surface area contributed by atoms with Gasteiger partial charge in [-0.1, -0.05) is 6.42 Å². The first-order chi connectivity index (χ1) is 6.72. The summed E-state index contributed by atoms with van der Waals surface area (Å²) in [6.45, 7) is -0.121. The Balaban J connectivity index is 2.36. The molecule has 0 amide bonds. The molecule has 4 nitrogen and oxygen atoms in total. The minimum absolute atomic E-state index is 0.143. The van der Waals surface area contributed by atoms with Gasteiger partial charge in [0.1, 0.15) is 6.10 Å². The van der Waals surface area contributed by atoms with Crippen LogP contribution >= 0.6 is 0 Å². The lowest BCUT2D eigenvalue weighted by Crippen LogP contribution is -2.39. The van der Waals surface area contributed by atoms with Gasteiger partial charge in [0.15, 0.2) is 5.79 Å². The maximum atomic E-state index is 9.17. The largest absolute Gasteiger partial charge is 0.394 e. The van der Waals surface area contributed by atoms with Crippen molar-refractivity contribution in [1.29, 1.82) is 0 Å². The first-order valence-electron chi connectivity index (χ1n) is 5.20. The molecule has 0 saturated heterocycles. The molecule has 4 heteroatoms. The monoisotopic (exact) mass is 204 g/mol. The Kier molecular flexibility index (Phi) is 4.81. The zero-order valence-electron chi connectivity index (χ0n) is 8.74. The lowest BCUT2D eigenvalue weighted by molar-refractivity contribution is -0.248. The lowest BCUT2D eigenvalue weighted by atomic mass is 9.94. The van der Waals surface area contributed by atoms with Gasteiger partial charge < -0.3 is 19.7 Å². The van der Waals surface area contributed by atoms with Crippen molar-refractivity contribution in [1.82, 2.24) is 0 Å². The molecule has 1 saturated carbocycles. The summed E-state index contributed by atoms with van der Waals surface area (Å²) in [6, 6.07) is 0. The summed E-state index contributed by atoms with van der Waals surface area (Å²) in [7, 11) is 1.64. The van der Waals surface area contributed by atoms with E-state index >= 15 is 0 Å². The molecular weight excluding hydrogens is 184 g/mol. The van der Waals surface area contributed by atoms with Gasteiger partial charge in [-0.25, -0.2) is 0 Å². The second-order valence-corrected chi connectivity index (χ2v) is 3.82. The van der Waals surface area contributed by atoms with Crippen molar-refractivity contribution < 1.29 is 19.7 Å². The number of aliphatic hydroxyl groups is 2. The SMILES string of the molecule is COC1(OCC(O)CO)CCCCC1. The maximum absolute atomic E-state index is 9.17. The van der Waals surface area contributed by atoms with Gasteiger partial charge >= 0.3 is 0 Å². The van der Waals surface area contributed by atoms with Crippen LogP contribution in [0.5, 0.6) is 0 Å². The molecule has 0 aromatic heterocycles. The average molecular weight is 204 g/mol. The molecule has 1 atom stereocenters. The molecule has 1 fully saturated rings. The Morgan fingerprint density at radius 2 is 1.93 bits per heavy atom. The van der Waals surface area contributed by atoms with E-state index < -0.39 is 11.9 Å². The Morgan fingerprint density at radius 1 is 1.29 bits per heavy atom. The zero-order valence-corrected chi connectivity index (χ0v) is 8.74. The van der Waals surface area contributed by atoms with Crippen molar-refractivity contribution in [2.45, 2.75) is 44.0 Å². The summed E-state index contributed by atoms with van der Waals surface area (Å²) in [5.74, 6) is -0.519. The highest BCUT2D eigenvalue weighted by molar-refractivity contribution is 4.75. The van der Waals surface area contributed by atoms with Crippen LogP contribution in [0.4, 0.5) is 0 Å². The topological polar surface area (TPSA) is 58.9 Å². The molecular formula is C10H20O4. The number of aliphatic hydroxyl groups excluding tert-OH is 2. The summed E-state index contributed by atoms with van der Waals surface area (Å²) in [5, 5.41) is 17.8. The molecule has 0 spiro atoms. The van der Waals surface area contributed by atoms with Gasteiger partial charge in [0.2, 0.25) is 0 Å². The number of ether oxygens (including phenoxy) is 2. The minimum atomic E-state index is -0.802. The molecule has 2 N–H and O–H groups in total. The van der Waals surface area contributed by atoms with Crippen molar-refractivity contribution in [2.24, 2.45) is 0 Å². The van der Waals surface area contributed by atoms with Gasteiger partial charge in [-0.05, 0) is 12.8 Å². The van der Waals surface area contributed by atoms with Gasteiger partial charge in [0.05, 0.1) is 13.2 Å². The Morgan fingerprint density at radius 3 is 2.43 bits per heavy atom. The Hall–Kier alpha value is -0.160. The highest BCUT2D eigenvalue weighted by Gasteiger charge is 2.33. The normalized spacial score (nSPS) is 23.4. The molecule has 0 aromatic rings. The zero-order chi connectivity index (χ0) is 10.4. The molecule has 0 aliphatic heterocycles. The quantitative estimate of drug-likeness (QED) is 0.646. The van der Waals surface area contributed by atoms with Crippen LogP contribution < -0.4 is 0 Å². The van der Waals surface area contributed by atoms with Crippen LogP contribution in [-0.2, 0) is 9.47 Å². The highest BCUT2D eigenvalue weighted by atomic mass is 16.7. The molecule has 0 radical (unpaired) electrons. The van der Waals surface area contributed by atoms with Crippen LogP contribution in [0.25, 0.3) is 0 Å². The fraction of sp³-hybridized carbons (Fsp3) is 1.00. The smallest absolute Gasteiger partial charge is 0.168 e. The molecule has 0 aromatic carbocycles. The second kappa shape index (κ2) is 5.66. The van der Waals surface area contributed by atoms with Gasteiger partial charge in [0, 0.05) is 20.0 Å². The van der Waals surface area contributed by atoms with Crippen molar-refractivity contribution in [2.75, 3.05) is 20.3 Å². The van der Waals surface area contributed by atoms with Crippen LogP contribution in [0.3, 0.4) is 0 Å². The molecule has 84 valence electrons. The Labute approximate surface area is 84.8 Å². The maximum Gasteiger partial charge on any atom is 0.168 e. The fourth-order valence-corrected chi connectivity index (χ4v) is 1.80. The van der Waals surface area contributed by atoms with E-state index in [-0.39, 0.29) is 13.2 Å². The number of hydrogen-bond acceptors (Lipinski definition) is 4. The lowest BCUT2D eigenvalue weighted by Gasteiger charge is -2.36. The first kappa shape index (κ1) is 11.9. The van der Waals surface area contributed by atoms with E-state index in [1.54, 1.807) is 7.11 Å². The summed E-state index contributed by atoms with van der Waals surface area (Å²) < 4.78 is 10.9. The van der Waals surface area contributed by atoms with Gasteiger partial charge in [-0.3, -0.25) is 0 Å². The predicted octanol–water partition coefficient (Wildman–Crippen LogP) is 0.663. The third kappa shape index (κ3) is 3.20. The van der Waals surface area contributed by atoms with Crippen LogP contribution in [0.15, 0.2) is 0 Å². The van der Waals surface area contributed by atoms with E-state index in [0.29, 0.717) is 0 Å². The summed E-state index contributed by atoms with van der Waals surface area (Å²) in [6.07, 6.45) is 4.37. The molecule has 1 unspecified atom stereocenters. The number of methoxy groups -OCH3 is 1. The van der Waals surface area contributed by atoms with E-state index in [9.17, 15) is 0 Å². The first-order valence-corrected chi connectivity index (χ1v) is 5.20. The summed E-state index contributed by atoms with van der Waals surface area (Å²) in [5.41, 5.74) is 0. The number of rotatable bonds is 5. The van der Waals surface area contributed by atoms with Crippen molar-refractivity contribution in [3.8, 4) is 0 Å². The predicted molar refractivity (Wildman–Crippen MR) is 51.9 cm³/mol. The highest BCUT2D eigenvalue weighted by Crippen LogP contribution is 2.32. The molecule has 0 bridgehead atoms. The Bertz CT molecular complexity index is 154. The summed E-state index contributed by atoms with van der Waals surface area (Å²) in [4.78, 5) is 0. The van der Waals surface area contributed by atoms with E-state index in [0.717, 1.165) is 25.7 Å². The number of hydrogen-bond donors (Lipinski definition) is 2. The third-order valence-electron chi connectivity index (χ3n) is 2.74. The van der Waals surface area contributed by atoms with Crippen molar-refractivity contribution in [3.63, 3.8) is 0 Å². The minimum Gasteiger partial charge on any atom is -0.394 e. The van der Waals surface area contributed by atoms with Gasteiger partial charge in [-0.2, -0.15) is 0 Å². The van der Waals surface area contributed by atoms with E-state index in [2.05, 4.69) is 0 Å². The average Bonchev–Trinajstić information content (AvgIpc) is 2.27. The molecule has 14 heavy (non-hydrogen) atoms. The standard InChI is InChI=1S/C10H20O4/c1-13-10(5-3-2-4-6-10)14-8-9(12)7-11/h9,11-12H,2-8H2,1H3. The van der Waals surface area contributed by atoms with Crippen molar-refractivity contribution in [3.05, 3.63) is 0 Å². The van der Waals surface area contributed by atoms with Gasteiger partial charge in [-0.15, -0.1) is 0 Å². The third-order valence-corrected chi connectivity index (χ3v) is 2.74. The second-order valence-electron chi connectivity index (χ2n) is 3.82. The van der Waals surface area contributed by atoms with Crippen LogP contribution in [0, 0.1) is 0 Å². The van der Waals surface area contributed by atoms with Crippen LogP contribution in [0.2, 0.25) is 0 Å². The van der Waals surface area contributed by atoms with E-state index in [1.807, 2.05) is 0 Å². The molecule has 1 aliphatic rings. The molecule has 1 rings (SSSR count). The van der Waals surface area contributed by atoms with E-state index in [4.69, 9.17) is 19.7 Å². The fourth-order valence-electron chi connectivity index (χ4n) is 1.80. The van der Waals surface area contributed by atoms with E-state index in [1.165, 1.54) is 6.42 Å². The summed E-state index contributed by atoms with van der Waals surface area (Å²) >= 11 is 0. The van der Waals surface area contributed by atoms with Crippen molar-refractivity contribution >= 4 is 0 Å². The van der Waals surface area contributed by atoms with Crippen LogP contribution in [-0.4, -0.2) is 42.4 Å².